The zero-order valence-electron chi connectivity index (χ0n) is 27.9. The molecule has 0 saturated heterocycles. The van der Waals surface area contributed by atoms with Crippen molar-refractivity contribution >= 4 is 0 Å². The van der Waals surface area contributed by atoms with Gasteiger partial charge in [0.05, 0.1) is 6.61 Å². The molecule has 0 spiro atoms. The van der Waals surface area contributed by atoms with E-state index in [1.807, 2.05) is 0 Å². The second-order valence-corrected chi connectivity index (χ2v) is 12.3. The highest BCUT2D eigenvalue weighted by atomic mass is 19.4. The van der Waals surface area contributed by atoms with E-state index < -0.39 is 121 Å². The van der Waals surface area contributed by atoms with Crippen molar-refractivity contribution in [2.45, 2.75) is 96.7 Å². The van der Waals surface area contributed by atoms with Crippen molar-refractivity contribution < 1.29 is 130 Å². The highest BCUT2D eigenvalue weighted by molar-refractivity contribution is 5.66. The van der Waals surface area contributed by atoms with Crippen LogP contribution in [0.2, 0.25) is 0 Å². The van der Waals surface area contributed by atoms with Crippen LogP contribution in [0.25, 0.3) is 11.1 Å². The number of halogens is 25. The van der Waals surface area contributed by atoms with Crippen molar-refractivity contribution in [2.75, 3.05) is 13.2 Å². The maximum atomic E-state index is 14.6. The first-order valence-electron chi connectivity index (χ1n) is 15.1. The molecule has 0 radical (unpaired) electrons. The van der Waals surface area contributed by atoms with Gasteiger partial charge in [-0.3, -0.25) is 0 Å². The maximum Gasteiger partial charge on any atom is 0.460 e. The zero-order valence-corrected chi connectivity index (χ0v) is 27.9. The number of aromatic hydroxyl groups is 1. The number of hydrogen-bond acceptors (Lipinski definition) is 4. The average molecular weight is 920 g/mol. The van der Waals surface area contributed by atoms with Crippen molar-refractivity contribution in [1.29, 1.82) is 0 Å². The number of hydrogen-bond donors (Lipinski definition) is 3. The molecule has 340 valence electrons. The van der Waals surface area contributed by atoms with E-state index in [9.17, 15) is 120 Å². The molecule has 0 aliphatic heterocycles. The summed E-state index contributed by atoms with van der Waals surface area (Å²) in [4.78, 5) is 0. The molecule has 59 heavy (non-hydrogen) atoms. The predicted molar refractivity (Wildman–Crippen MR) is 146 cm³/mol. The van der Waals surface area contributed by atoms with Crippen LogP contribution in [0.3, 0.4) is 0 Å². The Bertz CT molecular complexity index is 1750. The fourth-order valence-electron chi connectivity index (χ4n) is 4.63. The first-order chi connectivity index (χ1) is 26.0. The third-order valence-electron chi connectivity index (χ3n) is 8.20. The Labute approximate surface area is 311 Å². The van der Waals surface area contributed by atoms with Crippen LogP contribution >= 0.6 is 0 Å². The Morgan fingerprint density at radius 1 is 0.475 bits per heavy atom. The molecule has 1 unspecified atom stereocenters. The maximum absolute atomic E-state index is 14.6. The van der Waals surface area contributed by atoms with Crippen LogP contribution < -0.4 is 4.74 Å². The minimum Gasteiger partial charge on any atom is -0.508 e. The molecular weight excluding hydrogens is 899 g/mol. The molecule has 2 aromatic rings. The average Bonchev–Trinajstić information content (AvgIpc) is 3.09. The minimum absolute atomic E-state index is 0.0550. The molecule has 0 amide bonds. The van der Waals surface area contributed by atoms with Gasteiger partial charge in [-0.25, -0.2) is 0 Å². The Morgan fingerprint density at radius 2 is 0.831 bits per heavy atom. The summed E-state index contributed by atoms with van der Waals surface area (Å²) in [5.41, 5.74) is -0.191. The quantitative estimate of drug-likeness (QED) is 0.123. The monoisotopic (exact) mass is 920 g/mol. The molecule has 29 heteroatoms. The normalized spacial score (nSPS) is 15.7. The van der Waals surface area contributed by atoms with E-state index in [0.29, 0.717) is 0 Å². The molecule has 0 heterocycles. The largest absolute Gasteiger partial charge is 0.508 e. The number of rotatable bonds is 19. The fraction of sp³-hybridized carbons (Fsp3) is 0.600. The lowest BCUT2D eigenvalue weighted by molar-refractivity contribution is -0.482. The van der Waals surface area contributed by atoms with E-state index in [-0.39, 0.29) is 16.9 Å². The second-order valence-electron chi connectivity index (χ2n) is 12.3. The molecule has 0 saturated carbocycles. The van der Waals surface area contributed by atoms with Gasteiger partial charge >= 0.3 is 71.3 Å². The molecule has 1 atom stereocenters. The van der Waals surface area contributed by atoms with Crippen LogP contribution in [0, 0.1) is 0 Å². The van der Waals surface area contributed by atoms with Gasteiger partial charge in [0.15, 0.2) is 0 Å². The Balaban J connectivity index is 2.56. The summed E-state index contributed by atoms with van der Waals surface area (Å²) >= 11 is 0. The Morgan fingerprint density at radius 3 is 1.20 bits per heavy atom. The lowest BCUT2D eigenvalue weighted by Crippen LogP contribution is -2.78. The van der Waals surface area contributed by atoms with Crippen LogP contribution in [0.15, 0.2) is 42.5 Å². The highest BCUT2D eigenvalue weighted by Crippen LogP contribution is 2.68. The van der Waals surface area contributed by atoms with Gasteiger partial charge in [0.25, 0.3) is 0 Å². The topological polar surface area (TPSA) is 69.9 Å². The molecule has 2 aromatic carbocycles. The molecule has 0 bridgehead atoms. The van der Waals surface area contributed by atoms with Gasteiger partial charge < -0.3 is 20.1 Å². The second kappa shape index (κ2) is 15.6. The van der Waals surface area contributed by atoms with E-state index in [4.69, 9.17) is 9.84 Å². The van der Waals surface area contributed by atoms with Crippen LogP contribution in [0.4, 0.5) is 110 Å². The molecule has 0 aromatic heterocycles. The summed E-state index contributed by atoms with van der Waals surface area (Å²) < 4.78 is 349. The Hall–Kier alpha value is -3.79. The van der Waals surface area contributed by atoms with Crippen molar-refractivity contribution in [3.63, 3.8) is 0 Å². The summed E-state index contributed by atoms with van der Waals surface area (Å²) in [5.74, 6) is -99.8. The molecule has 2 rings (SSSR count). The smallest absolute Gasteiger partial charge is 0.460 e. The van der Waals surface area contributed by atoms with E-state index in [1.165, 1.54) is 18.2 Å². The summed E-state index contributed by atoms with van der Waals surface area (Å²) in [6, 6.07) is 7.74. The molecule has 0 aliphatic rings. The summed E-state index contributed by atoms with van der Waals surface area (Å²) in [5, 5.41) is 27.8. The molecule has 0 aliphatic carbocycles. The number of phenols is 1. The minimum atomic E-state index is -9.66. The molecule has 3 N–H and O–H groups in total. The van der Waals surface area contributed by atoms with Gasteiger partial charge in [-0.05, 0) is 53.8 Å². The number of benzene rings is 2. The van der Waals surface area contributed by atoms with E-state index in [0.717, 1.165) is 24.3 Å². The molecular formula is C30H21F25O4. The predicted octanol–water partition coefficient (Wildman–Crippen LogP) is 10.7. The van der Waals surface area contributed by atoms with Crippen molar-refractivity contribution in [2.24, 2.45) is 0 Å². The van der Waals surface area contributed by atoms with Gasteiger partial charge in [0, 0.05) is 6.42 Å². The van der Waals surface area contributed by atoms with Gasteiger partial charge in [-0.2, -0.15) is 110 Å². The van der Waals surface area contributed by atoms with Crippen molar-refractivity contribution in [1.82, 2.24) is 0 Å². The summed E-state index contributed by atoms with van der Waals surface area (Å²) in [6.07, 6.45) is -15.6. The first-order valence-corrected chi connectivity index (χ1v) is 15.1. The van der Waals surface area contributed by atoms with Crippen molar-refractivity contribution in [3.05, 3.63) is 48.0 Å². The zero-order chi connectivity index (χ0) is 46.7. The number of alkyl halides is 25. The third-order valence-corrected chi connectivity index (χ3v) is 8.20. The SMILES string of the molecule is OCC(O)COc1ccc(-c2ccc(O)cc2)cc1CCCC(F)(F)C(F)(F)C(F)(F)C(F)(F)C(F)(F)C(F)(F)C(F)(F)C(F)(F)C(F)(F)C(F)(F)C(F)(F)C(F)(F)F. The number of ether oxygens (including phenoxy) is 1. The summed E-state index contributed by atoms with van der Waals surface area (Å²) in [7, 11) is 0. The van der Waals surface area contributed by atoms with Crippen LogP contribution in [-0.2, 0) is 6.42 Å². The lowest BCUT2D eigenvalue weighted by atomic mass is 9.84. The standard InChI is InChI=1S/C30H21F25O4/c31-19(32,9-1-2-15-10-14(13-3-6-16(57)7-4-13)5-8-18(15)59-12-17(58)11-56)20(33,34)21(35,36)22(37,38)23(39,40)24(41,42)25(43,44)26(45,46)27(47,48)28(49,50)29(51,52)30(53,54)55/h3-8,10,17,56-58H,1-2,9,11-12H2. The highest BCUT2D eigenvalue weighted by Gasteiger charge is 2.99. The number of phenolic OH excluding ortho intramolecular Hbond substituents is 1. The first kappa shape index (κ1) is 51.4. The number of aryl methyl sites for hydroxylation is 1. The van der Waals surface area contributed by atoms with Gasteiger partial charge in [-0.15, -0.1) is 0 Å². The van der Waals surface area contributed by atoms with E-state index in [2.05, 4.69) is 0 Å². The van der Waals surface area contributed by atoms with E-state index in [1.54, 1.807) is 0 Å². The lowest BCUT2D eigenvalue weighted by Gasteiger charge is -2.45. The van der Waals surface area contributed by atoms with Crippen LogP contribution in [0.1, 0.15) is 18.4 Å². The number of aliphatic hydroxyl groups is 2. The van der Waals surface area contributed by atoms with Crippen molar-refractivity contribution in [3.8, 4) is 22.6 Å². The fourth-order valence-corrected chi connectivity index (χ4v) is 4.63. The Kier molecular flexibility index (Phi) is 13.6. The molecule has 0 fully saturated rings. The van der Waals surface area contributed by atoms with Crippen LogP contribution in [0.5, 0.6) is 11.5 Å². The van der Waals surface area contributed by atoms with Crippen LogP contribution in [-0.4, -0.2) is 106 Å². The number of aliphatic hydroxyl groups excluding tert-OH is 2. The van der Waals surface area contributed by atoms with Gasteiger partial charge in [0.2, 0.25) is 0 Å². The van der Waals surface area contributed by atoms with Gasteiger partial charge in [-0.1, -0.05) is 18.2 Å². The molecule has 4 nitrogen and oxygen atoms in total. The summed E-state index contributed by atoms with van der Waals surface area (Å²) in [6.45, 7) is -1.77. The van der Waals surface area contributed by atoms with E-state index >= 15 is 0 Å². The third kappa shape index (κ3) is 7.96. The van der Waals surface area contributed by atoms with Gasteiger partial charge in [0.1, 0.15) is 24.2 Å².